The van der Waals surface area contributed by atoms with Gasteiger partial charge in [-0.15, -0.1) is 0 Å². The zero-order valence-electron chi connectivity index (χ0n) is 19.9. The molecule has 1 aliphatic heterocycles. The van der Waals surface area contributed by atoms with Crippen molar-refractivity contribution >= 4 is 5.97 Å². The molecule has 0 radical (unpaired) electrons. The molecule has 1 saturated carbocycles. The number of aryl methyl sites for hydroxylation is 1. The first kappa shape index (κ1) is 23.8. The van der Waals surface area contributed by atoms with Crippen molar-refractivity contribution < 1.29 is 19.1 Å². The predicted molar refractivity (Wildman–Crippen MR) is 127 cm³/mol. The van der Waals surface area contributed by atoms with E-state index in [1.54, 1.807) is 12.5 Å². The molecular weight excluding hydrogens is 414 g/mol. The van der Waals surface area contributed by atoms with Crippen LogP contribution in [0.15, 0.2) is 48.9 Å². The number of hydrogen-bond donors (Lipinski definition) is 1. The highest BCUT2D eigenvalue weighted by atomic mass is 16.6. The van der Waals surface area contributed by atoms with Crippen LogP contribution < -0.4 is 0 Å². The van der Waals surface area contributed by atoms with Crippen LogP contribution in [0, 0.1) is 5.92 Å². The van der Waals surface area contributed by atoms with Gasteiger partial charge in [0.1, 0.15) is 19.0 Å². The average Bonchev–Trinajstić information content (AvgIpc) is 3.23. The van der Waals surface area contributed by atoms with Gasteiger partial charge in [0.25, 0.3) is 0 Å². The summed E-state index contributed by atoms with van der Waals surface area (Å²) in [6, 6.07) is 11.7. The van der Waals surface area contributed by atoms with Gasteiger partial charge in [-0.1, -0.05) is 49.6 Å². The number of benzene rings is 1. The Balaban J connectivity index is 1.39. The molecular formula is C27H38N3O3+. The fourth-order valence-electron chi connectivity index (χ4n) is 5.84. The molecule has 6 heteroatoms. The number of carbonyl (C=O) groups is 1. The van der Waals surface area contributed by atoms with Crippen LogP contribution in [0.25, 0.3) is 0 Å². The van der Waals surface area contributed by atoms with E-state index in [0.29, 0.717) is 12.2 Å². The van der Waals surface area contributed by atoms with Crippen LogP contribution in [0.1, 0.15) is 62.6 Å². The van der Waals surface area contributed by atoms with Crippen LogP contribution in [0.2, 0.25) is 0 Å². The summed E-state index contributed by atoms with van der Waals surface area (Å²) in [5.41, 5.74) is 0.172. The van der Waals surface area contributed by atoms with Crippen molar-refractivity contribution in [2.75, 3.05) is 26.7 Å². The van der Waals surface area contributed by atoms with Crippen LogP contribution in [0.4, 0.5) is 0 Å². The van der Waals surface area contributed by atoms with E-state index in [0.717, 1.165) is 74.6 Å². The summed E-state index contributed by atoms with van der Waals surface area (Å²) in [7, 11) is 2.27. The Labute approximate surface area is 197 Å². The smallest absolute Gasteiger partial charge is 0.343 e. The van der Waals surface area contributed by atoms with E-state index >= 15 is 0 Å². The molecule has 33 heavy (non-hydrogen) atoms. The zero-order chi connectivity index (χ0) is 23.2. The van der Waals surface area contributed by atoms with Gasteiger partial charge < -0.3 is 14.3 Å². The molecule has 6 nitrogen and oxygen atoms in total. The van der Waals surface area contributed by atoms with Crippen molar-refractivity contribution in [1.82, 2.24) is 9.97 Å². The summed E-state index contributed by atoms with van der Waals surface area (Å²) >= 11 is 0. The maximum Gasteiger partial charge on any atom is 0.343 e. The molecule has 0 amide bonds. The molecule has 1 aromatic heterocycles. The molecule has 4 rings (SSSR count). The van der Waals surface area contributed by atoms with Crippen molar-refractivity contribution in [2.24, 2.45) is 5.92 Å². The van der Waals surface area contributed by atoms with Gasteiger partial charge in [-0.3, -0.25) is 0 Å². The number of nitrogens with zero attached hydrogens (tertiary/aromatic N) is 3. The SMILES string of the molecule is C[N+]1(CCCc2ccncn2)CCC[C@@H]1COC(=O)C(O)(c1ccccc1)C1CCCCC1. The lowest BCUT2D eigenvalue weighted by Gasteiger charge is -2.39. The standard InChI is InChI=1S/C27H38N3O3/c1-30(18-8-14-24-16-17-28-21-29-24)19-9-15-25(30)20-33-26(31)27(32,22-10-4-2-5-11-22)23-12-6-3-7-13-23/h2,4-5,10-11,16-17,21,23,25,32H,3,6-9,12-15,18-20H2,1H3/q+1/t25-,27?,30?/m1/s1. The molecule has 1 N–H and O–H groups in total. The van der Waals surface area contributed by atoms with Gasteiger partial charge in [-0.05, 0) is 30.9 Å². The van der Waals surface area contributed by atoms with Crippen molar-refractivity contribution in [3.8, 4) is 0 Å². The molecule has 2 aromatic rings. The van der Waals surface area contributed by atoms with Crippen LogP contribution in [-0.2, 0) is 21.6 Å². The van der Waals surface area contributed by atoms with E-state index in [1.165, 1.54) is 6.42 Å². The second-order valence-corrected chi connectivity index (χ2v) is 10.1. The van der Waals surface area contributed by atoms with Gasteiger partial charge in [0, 0.05) is 37.1 Å². The topological polar surface area (TPSA) is 72.3 Å². The minimum absolute atomic E-state index is 0.0848. The molecule has 1 aromatic carbocycles. The maximum absolute atomic E-state index is 13.4. The molecule has 3 atom stereocenters. The number of esters is 1. The lowest BCUT2D eigenvalue weighted by Crippen LogP contribution is -2.52. The number of aromatic nitrogens is 2. The molecule has 178 valence electrons. The highest BCUT2D eigenvalue weighted by Crippen LogP contribution is 2.40. The number of hydrogen-bond acceptors (Lipinski definition) is 5. The van der Waals surface area contributed by atoms with Crippen LogP contribution in [0.3, 0.4) is 0 Å². The highest BCUT2D eigenvalue weighted by molar-refractivity contribution is 5.81. The van der Waals surface area contributed by atoms with Crippen molar-refractivity contribution in [3.63, 3.8) is 0 Å². The maximum atomic E-state index is 13.4. The van der Waals surface area contributed by atoms with Crippen molar-refractivity contribution in [3.05, 3.63) is 60.2 Å². The quantitative estimate of drug-likeness (QED) is 0.459. The third kappa shape index (κ3) is 5.44. The molecule has 1 saturated heterocycles. The van der Waals surface area contributed by atoms with E-state index < -0.39 is 11.6 Å². The molecule has 1 aliphatic carbocycles. The Morgan fingerprint density at radius 2 is 1.91 bits per heavy atom. The van der Waals surface area contributed by atoms with E-state index in [-0.39, 0.29) is 12.0 Å². The van der Waals surface area contributed by atoms with E-state index in [9.17, 15) is 9.90 Å². The second-order valence-electron chi connectivity index (χ2n) is 10.1. The second kappa shape index (κ2) is 10.7. The predicted octanol–water partition coefficient (Wildman–Crippen LogP) is 4.03. The molecule has 0 bridgehead atoms. The number of carbonyl (C=O) groups excluding carboxylic acids is 1. The Kier molecular flexibility index (Phi) is 7.76. The van der Waals surface area contributed by atoms with E-state index in [2.05, 4.69) is 17.0 Å². The van der Waals surface area contributed by atoms with Crippen molar-refractivity contribution in [1.29, 1.82) is 0 Å². The highest BCUT2D eigenvalue weighted by Gasteiger charge is 2.48. The minimum atomic E-state index is -1.56. The normalized spacial score (nSPS) is 25.5. The fraction of sp³-hybridized carbons (Fsp3) is 0.593. The van der Waals surface area contributed by atoms with E-state index in [4.69, 9.17) is 4.74 Å². The number of likely N-dealkylation sites (N-methyl/N-ethyl adjacent to an activating group) is 1. The summed E-state index contributed by atoms with van der Waals surface area (Å²) in [4.78, 5) is 21.8. The van der Waals surface area contributed by atoms with Gasteiger partial charge in [0.05, 0.1) is 20.1 Å². The summed E-state index contributed by atoms with van der Waals surface area (Å²) in [5, 5.41) is 11.8. The number of ether oxygens (including phenoxy) is 1. The number of aliphatic hydroxyl groups is 1. The van der Waals surface area contributed by atoms with Crippen LogP contribution in [-0.4, -0.2) is 58.3 Å². The molecule has 2 aliphatic rings. The Bertz CT molecular complexity index is 888. The number of likely N-dealkylation sites (tertiary alicyclic amines) is 1. The summed E-state index contributed by atoms with van der Waals surface area (Å²) in [6.45, 7) is 2.49. The third-order valence-corrected chi connectivity index (χ3v) is 7.96. The average molecular weight is 453 g/mol. The lowest BCUT2D eigenvalue weighted by atomic mass is 9.73. The van der Waals surface area contributed by atoms with E-state index in [1.807, 2.05) is 36.4 Å². The Morgan fingerprint density at radius 3 is 2.64 bits per heavy atom. The summed E-state index contributed by atoms with van der Waals surface area (Å²) in [5.74, 6) is -0.557. The fourth-order valence-corrected chi connectivity index (χ4v) is 5.84. The number of quaternary nitrogens is 1. The first-order valence-electron chi connectivity index (χ1n) is 12.6. The molecule has 2 fully saturated rings. The van der Waals surface area contributed by atoms with Gasteiger partial charge in [0.2, 0.25) is 0 Å². The summed E-state index contributed by atoms with van der Waals surface area (Å²) in [6.07, 6.45) is 12.5. The van der Waals surface area contributed by atoms with Crippen LogP contribution in [0.5, 0.6) is 0 Å². The van der Waals surface area contributed by atoms with Crippen molar-refractivity contribution in [2.45, 2.75) is 69.4 Å². The van der Waals surface area contributed by atoms with Gasteiger partial charge in [-0.2, -0.15) is 0 Å². The number of rotatable bonds is 9. The Hall–Kier alpha value is -2.31. The van der Waals surface area contributed by atoms with Crippen LogP contribution >= 0.6 is 0 Å². The largest absolute Gasteiger partial charge is 0.457 e. The molecule has 2 heterocycles. The monoisotopic (exact) mass is 452 g/mol. The van der Waals surface area contributed by atoms with Gasteiger partial charge in [-0.25, -0.2) is 14.8 Å². The molecule has 0 spiro atoms. The summed E-state index contributed by atoms with van der Waals surface area (Å²) < 4.78 is 6.84. The lowest BCUT2D eigenvalue weighted by molar-refractivity contribution is -0.921. The Morgan fingerprint density at radius 1 is 1.12 bits per heavy atom. The first-order chi connectivity index (χ1) is 16.0. The van der Waals surface area contributed by atoms with Gasteiger partial charge >= 0.3 is 5.97 Å². The van der Waals surface area contributed by atoms with Gasteiger partial charge in [0.15, 0.2) is 5.60 Å². The third-order valence-electron chi connectivity index (χ3n) is 7.96. The zero-order valence-corrected chi connectivity index (χ0v) is 19.9. The minimum Gasteiger partial charge on any atom is -0.457 e. The first-order valence-corrected chi connectivity index (χ1v) is 12.6. The molecule has 2 unspecified atom stereocenters.